The van der Waals surface area contributed by atoms with E-state index in [-0.39, 0.29) is 12.5 Å². The van der Waals surface area contributed by atoms with Gasteiger partial charge in [0.05, 0.1) is 5.52 Å². The quantitative estimate of drug-likeness (QED) is 0.380. The first-order valence-corrected chi connectivity index (χ1v) is 12.6. The van der Waals surface area contributed by atoms with Crippen molar-refractivity contribution in [2.24, 2.45) is 0 Å². The third-order valence-corrected chi connectivity index (χ3v) is 7.07. The van der Waals surface area contributed by atoms with Crippen LogP contribution in [0.2, 0.25) is 0 Å². The smallest absolute Gasteiger partial charge is 0.260 e. The summed E-state index contributed by atoms with van der Waals surface area (Å²) >= 11 is 0. The van der Waals surface area contributed by atoms with E-state index in [9.17, 15) is 4.79 Å². The van der Waals surface area contributed by atoms with Crippen LogP contribution in [0.3, 0.4) is 0 Å². The lowest BCUT2D eigenvalue weighted by atomic mass is 9.95. The number of likely N-dealkylation sites (N-methyl/N-ethyl adjacent to an activating group) is 1. The van der Waals surface area contributed by atoms with Gasteiger partial charge >= 0.3 is 0 Å². The van der Waals surface area contributed by atoms with Crippen LogP contribution in [-0.2, 0) is 4.79 Å². The molecule has 1 atom stereocenters. The summed E-state index contributed by atoms with van der Waals surface area (Å²) in [5.74, 6) is 1.21. The Balaban J connectivity index is 1.21. The molecule has 7 nitrogen and oxygen atoms in total. The lowest BCUT2D eigenvalue weighted by Gasteiger charge is -2.20. The van der Waals surface area contributed by atoms with E-state index in [2.05, 4.69) is 78.5 Å². The summed E-state index contributed by atoms with van der Waals surface area (Å²) in [5.41, 5.74) is 6.66. The predicted molar refractivity (Wildman–Crippen MR) is 148 cm³/mol. The van der Waals surface area contributed by atoms with E-state index in [0.717, 1.165) is 36.1 Å². The van der Waals surface area contributed by atoms with Gasteiger partial charge in [-0.3, -0.25) is 4.79 Å². The highest BCUT2D eigenvalue weighted by atomic mass is 16.5. The fourth-order valence-corrected chi connectivity index (χ4v) is 4.91. The van der Waals surface area contributed by atoms with Gasteiger partial charge in [0.25, 0.3) is 5.91 Å². The topological polar surface area (TPSA) is 70.6 Å². The first kappa shape index (κ1) is 24.7. The predicted octanol–water partition coefficient (Wildman–Crippen LogP) is 5.20. The van der Waals surface area contributed by atoms with E-state index in [1.165, 1.54) is 22.3 Å². The minimum absolute atomic E-state index is 0.0249. The summed E-state index contributed by atoms with van der Waals surface area (Å²) in [6.45, 7) is 5.87. The van der Waals surface area contributed by atoms with Crippen molar-refractivity contribution in [1.29, 1.82) is 0 Å². The van der Waals surface area contributed by atoms with Crippen molar-refractivity contribution < 1.29 is 9.53 Å². The zero-order valence-electron chi connectivity index (χ0n) is 21.9. The largest absolute Gasteiger partial charge is 0.484 e. The first-order valence-electron chi connectivity index (χ1n) is 12.6. The first-order chi connectivity index (χ1) is 17.9. The number of amides is 1. The molecule has 1 unspecified atom stereocenters. The van der Waals surface area contributed by atoms with Gasteiger partial charge in [-0.2, -0.15) is 0 Å². The standard InChI is InChI=1S/C30H33N5O2/c1-20-6-5-7-21(2)29(20)22-8-13-27-23(16-22)17-31-30(33-27)32-24-9-11-26(12-10-24)37-19-28(36)35-15-14-25(18-35)34(3)4/h5-13,16-17,25H,14-15,18-19H2,1-4H3,(H,31,32,33). The fourth-order valence-electron chi connectivity index (χ4n) is 4.91. The summed E-state index contributed by atoms with van der Waals surface area (Å²) < 4.78 is 5.74. The van der Waals surface area contributed by atoms with Gasteiger partial charge in [0.1, 0.15) is 5.75 Å². The number of nitrogens with zero attached hydrogens (tertiary/aromatic N) is 4. The molecule has 1 aliphatic heterocycles. The Morgan fingerprint density at radius 2 is 1.84 bits per heavy atom. The molecule has 1 N–H and O–H groups in total. The highest BCUT2D eigenvalue weighted by Crippen LogP contribution is 2.30. The van der Waals surface area contributed by atoms with Crippen molar-refractivity contribution in [3.8, 4) is 16.9 Å². The van der Waals surface area contributed by atoms with Gasteiger partial charge in [0, 0.05) is 36.4 Å². The van der Waals surface area contributed by atoms with Crippen molar-refractivity contribution in [2.75, 3.05) is 39.1 Å². The minimum Gasteiger partial charge on any atom is -0.484 e. The molecule has 1 amide bonds. The summed E-state index contributed by atoms with van der Waals surface area (Å²) in [4.78, 5) is 25.7. The Labute approximate surface area is 218 Å². The third kappa shape index (κ3) is 5.57. The number of aryl methyl sites for hydroxylation is 2. The van der Waals surface area contributed by atoms with Gasteiger partial charge < -0.3 is 19.9 Å². The van der Waals surface area contributed by atoms with Crippen molar-refractivity contribution in [2.45, 2.75) is 26.3 Å². The number of benzene rings is 3. The van der Waals surface area contributed by atoms with E-state index in [1.807, 2.05) is 41.4 Å². The zero-order chi connectivity index (χ0) is 25.9. The summed E-state index contributed by atoms with van der Waals surface area (Å²) in [5, 5.41) is 4.25. The van der Waals surface area contributed by atoms with E-state index < -0.39 is 0 Å². The van der Waals surface area contributed by atoms with Crippen molar-refractivity contribution >= 4 is 28.4 Å². The zero-order valence-corrected chi connectivity index (χ0v) is 21.9. The molecular formula is C30H33N5O2. The lowest BCUT2D eigenvalue weighted by molar-refractivity contribution is -0.132. The van der Waals surface area contributed by atoms with Gasteiger partial charge in [0.15, 0.2) is 6.61 Å². The molecule has 4 aromatic rings. The van der Waals surface area contributed by atoms with E-state index in [1.54, 1.807) is 0 Å². The molecule has 1 fully saturated rings. The minimum atomic E-state index is 0.0249. The molecule has 7 heteroatoms. The maximum absolute atomic E-state index is 12.5. The fraction of sp³-hybridized carbons (Fsp3) is 0.300. The molecule has 37 heavy (non-hydrogen) atoms. The van der Waals surface area contributed by atoms with Crippen LogP contribution >= 0.6 is 0 Å². The molecule has 0 spiro atoms. The van der Waals surface area contributed by atoms with E-state index >= 15 is 0 Å². The molecule has 0 saturated carbocycles. The average Bonchev–Trinajstić information content (AvgIpc) is 3.39. The summed E-state index contributed by atoms with van der Waals surface area (Å²) in [6, 6.07) is 20.6. The van der Waals surface area contributed by atoms with Crippen LogP contribution in [0, 0.1) is 13.8 Å². The number of carbonyl (C=O) groups excluding carboxylic acids is 1. The average molecular weight is 496 g/mol. The molecule has 1 saturated heterocycles. The molecule has 3 aromatic carbocycles. The Morgan fingerprint density at radius 1 is 1.08 bits per heavy atom. The van der Waals surface area contributed by atoms with Crippen molar-refractivity contribution in [1.82, 2.24) is 19.8 Å². The highest BCUT2D eigenvalue weighted by molar-refractivity contribution is 5.86. The number of nitrogens with one attached hydrogen (secondary N) is 1. The molecular weight excluding hydrogens is 462 g/mol. The van der Waals surface area contributed by atoms with Gasteiger partial charge in [-0.05, 0) is 93.0 Å². The highest BCUT2D eigenvalue weighted by Gasteiger charge is 2.27. The molecule has 190 valence electrons. The number of rotatable bonds is 7. The SMILES string of the molecule is Cc1cccc(C)c1-c1ccc2nc(Nc3ccc(OCC(=O)N4CCC(N(C)C)C4)cc3)ncc2c1. The number of ether oxygens (including phenoxy) is 1. The third-order valence-electron chi connectivity index (χ3n) is 7.07. The van der Waals surface area contributed by atoms with Gasteiger partial charge in [0.2, 0.25) is 5.95 Å². The second kappa shape index (κ2) is 10.6. The Morgan fingerprint density at radius 3 is 2.54 bits per heavy atom. The van der Waals surface area contributed by atoms with Gasteiger partial charge in [-0.25, -0.2) is 9.97 Å². The second-order valence-electron chi connectivity index (χ2n) is 9.92. The van der Waals surface area contributed by atoms with Crippen LogP contribution in [0.4, 0.5) is 11.6 Å². The summed E-state index contributed by atoms with van der Waals surface area (Å²) in [7, 11) is 4.11. The van der Waals surface area contributed by atoms with E-state index in [4.69, 9.17) is 4.74 Å². The van der Waals surface area contributed by atoms with Crippen LogP contribution in [-0.4, -0.2) is 65.5 Å². The number of likely N-dealkylation sites (tertiary alicyclic amines) is 1. The number of hydrogen-bond acceptors (Lipinski definition) is 6. The maximum atomic E-state index is 12.5. The Hall–Kier alpha value is -3.97. The molecule has 0 bridgehead atoms. The Kier molecular flexibility index (Phi) is 7.06. The molecule has 0 aliphatic carbocycles. The molecule has 1 aliphatic rings. The van der Waals surface area contributed by atoms with Crippen LogP contribution in [0.15, 0.2) is 66.9 Å². The van der Waals surface area contributed by atoms with Crippen LogP contribution in [0.5, 0.6) is 5.75 Å². The Bertz CT molecular complexity index is 1400. The number of hydrogen-bond donors (Lipinski definition) is 1. The summed E-state index contributed by atoms with van der Waals surface area (Å²) in [6.07, 6.45) is 2.85. The monoisotopic (exact) mass is 495 g/mol. The van der Waals surface area contributed by atoms with Crippen LogP contribution in [0.1, 0.15) is 17.5 Å². The number of aromatic nitrogens is 2. The van der Waals surface area contributed by atoms with Crippen LogP contribution < -0.4 is 10.1 Å². The maximum Gasteiger partial charge on any atom is 0.260 e. The molecule has 5 rings (SSSR count). The van der Waals surface area contributed by atoms with Crippen LogP contribution in [0.25, 0.3) is 22.0 Å². The van der Waals surface area contributed by atoms with E-state index in [0.29, 0.717) is 17.7 Å². The number of fused-ring (bicyclic) bond motifs is 1. The molecule has 0 radical (unpaired) electrons. The number of carbonyl (C=O) groups is 1. The van der Waals surface area contributed by atoms with Crippen molar-refractivity contribution in [3.05, 3.63) is 78.0 Å². The van der Waals surface area contributed by atoms with Gasteiger partial charge in [-0.15, -0.1) is 0 Å². The normalized spacial score (nSPS) is 15.4. The van der Waals surface area contributed by atoms with Crippen molar-refractivity contribution in [3.63, 3.8) is 0 Å². The molecule has 1 aromatic heterocycles. The second-order valence-corrected chi connectivity index (χ2v) is 9.92. The lowest BCUT2D eigenvalue weighted by Crippen LogP contribution is -2.36. The van der Waals surface area contributed by atoms with Gasteiger partial charge in [-0.1, -0.05) is 24.3 Å². The molecule has 2 heterocycles. The number of anilines is 2.